The van der Waals surface area contributed by atoms with Crippen molar-refractivity contribution in [2.45, 2.75) is 13.3 Å². The topological polar surface area (TPSA) is 54.9 Å². The van der Waals surface area contributed by atoms with Gasteiger partial charge in [0.15, 0.2) is 17.5 Å². The van der Waals surface area contributed by atoms with Gasteiger partial charge in [-0.1, -0.05) is 0 Å². The van der Waals surface area contributed by atoms with Crippen LogP contribution in [0.15, 0.2) is 41.4 Å². The van der Waals surface area contributed by atoms with Crippen molar-refractivity contribution in [1.82, 2.24) is 5.32 Å². The highest BCUT2D eigenvalue weighted by molar-refractivity contribution is 14.0. The molecule has 0 aliphatic carbocycles. The summed E-state index contributed by atoms with van der Waals surface area (Å²) in [5.41, 5.74) is 1.08. The summed E-state index contributed by atoms with van der Waals surface area (Å²) < 4.78 is 37.6. The number of nitrogens with zero attached hydrogens (tertiary/aromatic N) is 1. The molecule has 0 bridgehead atoms. The average Bonchev–Trinajstić information content (AvgIpc) is 2.64. The molecule has 5 nitrogen and oxygen atoms in total. The van der Waals surface area contributed by atoms with Crippen LogP contribution in [0.2, 0.25) is 0 Å². The molecule has 0 aliphatic rings. The van der Waals surface area contributed by atoms with Crippen molar-refractivity contribution in [2.75, 3.05) is 32.6 Å². The molecule has 0 saturated heterocycles. The second-order valence-corrected chi connectivity index (χ2v) is 5.41. The third-order valence-corrected chi connectivity index (χ3v) is 3.64. The Balaban J connectivity index is 0.00000364. The zero-order valence-corrected chi connectivity index (χ0v) is 17.8. The maximum absolute atomic E-state index is 13.6. The molecule has 2 N–H and O–H groups in total. The zero-order chi connectivity index (χ0) is 18.9. The Hall–Kier alpha value is -2.10. The first-order chi connectivity index (χ1) is 12.6. The van der Waals surface area contributed by atoms with Gasteiger partial charge >= 0.3 is 0 Å². The van der Waals surface area contributed by atoms with Crippen molar-refractivity contribution in [3.05, 3.63) is 53.6 Å². The molecule has 0 radical (unpaired) electrons. The van der Waals surface area contributed by atoms with E-state index in [1.165, 1.54) is 6.07 Å². The predicted octanol–water partition coefficient (Wildman–Crippen LogP) is 4.22. The van der Waals surface area contributed by atoms with Gasteiger partial charge in [0.05, 0.1) is 13.7 Å². The lowest BCUT2D eigenvalue weighted by molar-refractivity contribution is 0.311. The fourth-order valence-corrected chi connectivity index (χ4v) is 2.39. The second-order valence-electron chi connectivity index (χ2n) is 5.41. The average molecular weight is 491 g/mol. The monoisotopic (exact) mass is 491 g/mol. The number of benzene rings is 2. The van der Waals surface area contributed by atoms with E-state index in [0.29, 0.717) is 42.6 Å². The molecule has 148 valence electrons. The molecule has 0 unspecified atom stereocenters. The number of hydrogen-bond donors (Lipinski definition) is 2. The van der Waals surface area contributed by atoms with Crippen molar-refractivity contribution >= 4 is 35.6 Å². The largest absolute Gasteiger partial charge is 0.493 e. The van der Waals surface area contributed by atoms with Crippen molar-refractivity contribution in [3.8, 4) is 11.5 Å². The smallest absolute Gasteiger partial charge is 0.195 e. The third-order valence-electron chi connectivity index (χ3n) is 3.64. The normalized spacial score (nSPS) is 10.8. The summed E-state index contributed by atoms with van der Waals surface area (Å²) in [6.07, 6.45) is 0.330. The second kappa shape index (κ2) is 11.6. The minimum atomic E-state index is -0.453. The Morgan fingerprint density at radius 1 is 1.11 bits per heavy atom. The Morgan fingerprint density at radius 3 is 2.56 bits per heavy atom. The molecule has 0 amide bonds. The number of anilines is 1. The van der Waals surface area contributed by atoms with E-state index in [4.69, 9.17) is 9.47 Å². The minimum Gasteiger partial charge on any atom is -0.493 e. The van der Waals surface area contributed by atoms with Crippen LogP contribution in [0.1, 0.15) is 12.5 Å². The van der Waals surface area contributed by atoms with E-state index in [0.717, 1.165) is 17.8 Å². The van der Waals surface area contributed by atoms with E-state index in [9.17, 15) is 8.78 Å². The van der Waals surface area contributed by atoms with Gasteiger partial charge < -0.3 is 20.1 Å². The minimum absolute atomic E-state index is 0. The number of rotatable bonds is 7. The van der Waals surface area contributed by atoms with Crippen LogP contribution in [-0.4, -0.2) is 33.3 Å². The first-order valence-corrected chi connectivity index (χ1v) is 8.29. The quantitative estimate of drug-likeness (QED) is 0.346. The van der Waals surface area contributed by atoms with Gasteiger partial charge in [-0.3, -0.25) is 4.99 Å². The molecular formula is C19H24F2IN3O2. The fraction of sp³-hybridized carbons (Fsp3) is 0.316. The number of nitrogens with one attached hydrogen (secondary N) is 2. The lowest BCUT2D eigenvalue weighted by atomic mass is 10.1. The molecular weight excluding hydrogens is 467 g/mol. The summed E-state index contributed by atoms with van der Waals surface area (Å²) >= 11 is 0. The third kappa shape index (κ3) is 6.85. The van der Waals surface area contributed by atoms with E-state index in [2.05, 4.69) is 15.6 Å². The van der Waals surface area contributed by atoms with Crippen molar-refractivity contribution < 1.29 is 18.3 Å². The summed E-state index contributed by atoms with van der Waals surface area (Å²) in [6.45, 7) is 2.81. The van der Waals surface area contributed by atoms with Crippen LogP contribution in [0.4, 0.5) is 14.5 Å². The number of ether oxygens (including phenoxy) is 2. The van der Waals surface area contributed by atoms with Gasteiger partial charge in [-0.2, -0.15) is 0 Å². The van der Waals surface area contributed by atoms with Crippen LogP contribution in [0.3, 0.4) is 0 Å². The van der Waals surface area contributed by atoms with Crippen LogP contribution >= 0.6 is 24.0 Å². The van der Waals surface area contributed by atoms with Crippen LogP contribution < -0.4 is 20.1 Å². The van der Waals surface area contributed by atoms with Crippen molar-refractivity contribution in [3.63, 3.8) is 0 Å². The summed E-state index contributed by atoms with van der Waals surface area (Å²) in [6, 6.07) is 8.87. The van der Waals surface area contributed by atoms with Gasteiger partial charge in [0.25, 0.3) is 0 Å². The van der Waals surface area contributed by atoms with Gasteiger partial charge in [0, 0.05) is 25.3 Å². The highest BCUT2D eigenvalue weighted by Gasteiger charge is 2.08. The summed E-state index contributed by atoms with van der Waals surface area (Å²) in [4.78, 5) is 4.13. The van der Waals surface area contributed by atoms with Crippen LogP contribution in [0, 0.1) is 11.6 Å². The summed E-state index contributed by atoms with van der Waals surface area (Å²) in [7, 11) is 3.21. The molecule has 8 heteroatoms. The number of hydrogen-bond acceptors (Lipinski definition) is 3. The van der Waals surface area contributed by atoms with Gasteiger partial charge in [-0.15, -0.1) is 24.0 Å². The van der Waals surface area contributed by atoms with E-state index in [1.807, 2.05) is 13.0 Å². The van der Waals surface area contributed by atoms with E-state index in [-0.39, 0.29) is 24.0 Å². The van der Waals surface area contributed by atoms with E-state index >= 15 is 0 Å². The standard InChI is InChI=1S/C19H23F2N3O2.HI/c1-4-26-18-12-15(6-8-17(18)25-3)24-19(22-2)23-10-9-13-11-14(20)5-7-16(13)21;/h5-8,11-12H,4,9-10H2,1-3H3,(H2,22,23,24);1H. The van der Waals surface area contributed by atoms with Gasteiger partial charge in [0.1, 0.15) is 11.6 Å². The molecule has 0 aliphatic heterocycles. The highest BCUT2D eigenvalue weighted by atomic mass is 127. The molecule has 0 aromatic heterocycles. The molecule has 0 atom stereocenters. The Morgan fingerprint density at radius 2 is 1.89 bits per heavy atom. The summed E-state index contributed by atoms with van der Waals surface area (Å²) in [5.74, 6) is 0.895. The molecule has 2 aromatic rings. The number of methoxy groups -OCH3 is 1. The molecule has 27 heavy (non-hydrogen) atoms. The Kier molecular flexibility index (Phi) is 9.84. The highest BCUT2D eigenvalue weighted by Crippen LogP contribution is 2.30. The number of guanidine groups is 1. The Labute approximate surface area is 175 Å². The van der Waals surface area contributed by atoms with Crippen molar-refractivity contribution in [1.29, 1.82) is 0 Å². The molecule has 2 rings (SSSR count). The molecule has 0 fully saturated rings. The predicted molar refractivity (Wildman–Crippen MR) is 115 cm³/mol. The lowest BCUT2D eigenvalue weighted by Gasteiger charge is -2.15. The first kappa shape index (κ1) is 22.9. The molecule has 0 saturated carbocycles. The zero-order valence-electron chi connectivity index (χ0n) is 15.5. The van der Waals surface area contributed by atoms with E-state index in [1.54, 1.807) is 26.3 Å². The van der Waals surface area contributed by atoms with Gasteiger partial charge in [0.2, 0.25) is 0 Å². The van der Waals surface area contributed by atoms with Crippen LogP contribution in [-0.2, 0) is 6.42 Å². The van der Waals surface area contributed by atoms with Gasteiger partial charge in [-0.25, -0.2) is 8.78 Å². The maximum Gasteiger partial charge on any atom is 0.195 e. The molecule has 0 heterocycles. The number of aliphatic imine (C=N–C) groups is 1. The fourth-order valence-electron chi connectivity index (χ4n) is 2.39. The van der Waals surface area contributed by atoms with E-state index < -0.39 is 11.6 Å². The van der Waals surface area contributed by atoms with Crippen molar-refractivity contribution in [2.24, 2.45) is 4.99 Å². The van der Waals surface area contributed by atoms with Crippen LogP contribution in [0.25, 0.3) is 0 Å². The molecule has 0 spiro atoms. The number of halogens is 3. The van der Waals surface area contributed by atoms with Gasteiger partial charge in [-0.05, 0) is 49.2 Å². The summed E-state index contributed by atoms with van der Waals surface area (Å²) in [5, 5.41) is 6.20. The Bertz CT molecular complexity index is 773. The molecule has 2 aromatic carbocycles. The van der Waals surface area contributed by atoms with Crippen LogP contribution in [0.5, 0.6) is 11.5 Å². The first-order valence-electron chi connectivity index (χ1n) is 8.29. The maximum atomic E-state index is 13.6. The lowest BCUT2D eigenvalue weighted by Crippen LogP contribution is -2.32. The SMILES string of the molecule is CCOc1cc(NC(=NC)NCCc2cc(F)ccc2F)ccc1OC.I.